The summed E-state index contributed by atoms with van der Waals surface area (Å²) in [5.41, 5.74) is 7.52. The summed E-state index contributed by atoms with van der Waals surface area (Å²) in [4.78, 5) is 23.5. The van der Waals surface area contributed by atoms with Gasteiger partial charge >= 0.3 is 0 Å². The highest BCUT2D eigenvalue weighted by atomic mass is 16.3. The second kappa shape index (κ2) is 5.93. The Morgan fingerprint density at radius 3 is 2.57 bits per heavy atom. The number of carbonyl (C=O) groups excluding carboxylic acids is 2. The second-order valence-corrected chi connectivity index (χ2v) is 5.09. The first kappa shape index (κ1) is 15.0. The zero-order chi connectivity index (χ0) is 15.6. The maximum Gasteiger partial charge on any atom is 0.252 e. The molecule has 0 heterocycles. The van der Waals surface area contributed by atoms with Gasteiger partial charge in [-0.3, -0.25) is 9.59 Å². The van der Waals surface area contributed by atoms with Crippen LogP contribution in [0.2, 0.25) is 0 Å². The molecular formula is C16H18N2O3. The minimum Gasteiger partial charge on any atom is -0.394 e. The number of hydrogen-bond donors (Lipinski definition) is 3. The molecule has 110 valence electrons. The van der Waals surface area contributed by atoms with Crippen LogP contribution in [0.4, 0.5) is 0 Å². The van der Waals surface area contributed by atoms with Gasteiger partial charge in [-0.15, -0.1) is 0 Å². The van der Waals surface area contributed by atoms with E-state index in [1.165, 1.54) is 0 Å². The third-order valence-electron chi connectivity index (χ3n) is 3.44. The van der Waals surface area contributed by atoms with Crippen molar-refractivity contribution in [2.45, 2.75) is 19.9 Å². The molecule has 0 aliphatic rings. The number of nitrogens with two attached hydrogens (primary N) is 1. The van der Waals surface area contributed by atoms with Crippen LogP contribution in [-0.2, 0) is 4.79 Å². The van der Waals surface area contributed by atoms with Crippen molar-refractivity contribution in [3.63, 3.8) is 0 Å². The van der Waals surface area contributed by atoms with E-state index in [2.05, 4.69) is 5.32 Å². The largest absolute Gasteiger partial charge is 0.394 e. The minimum atomic E-state index is -1.09. The molecular weight excluding hydrogens is 268 g/mol. The molecule has 2 aromatic rings. The number of nitrogens with one attached hydrogen (secondary N) is 1. The van der Waals surface area contributed by atoms with Crippen LogP contribution in [0.15, 0.2) is 30.3 Å². The smallest absolute Gasteiger partial charge is 0.252 e. The number of amides is 2. The van der Waals surface area contributed by atoms with Crippen LogP contribution in [0.3, 0.4) is 0 Å². The number of benzene rings is 2. The fourth-order valence-electron chi connectivity index (χ4n) is 2.30. The van der Waals surface area contributed by atoms with Gasteiger partial charge in [-0.1, -0.05) is 35.9 Å². The third kappa shape index (κ3) is 3.03. The van der Waals surface area contributed by atoms with E-state index < -0.39 is 24.5 Å². The van der Waals surface area contributed by atoms with E-state index in [9.17, 15) is 9.59 Å². The fraction of sp³-hybridized carbons (Fsp3) is 0.250. The lowest BCUT2D eigenvalue weighted by molar-refractivity contribution is -0.120. The first-order valence-corrected chi connectivity index (χ1v) is 6.65. The van der Waals surface area contributed by atoms with Gasteiger partial charge in [0.2, 0.25) is 5.91 Å². The Morgan fingerprint density at radius 2 is 1.95 bits per heavy atom. The molecule has 5 heteroatoms. The number of aliphatic hydroxyl groups is 1. The standard InChI is InChI=1S/C16H18N2O3/c1-9-3-6-12-11(7-9)5-4-10(2)14(12)16(21)18-13(8-19)15(17)20/h3-7,13,19H,8H2,1-2H3,(H2,17,20)(H,18,21)/t13-/m0/s1. The number of primary amides is 1. The first-order chi connectivity index (χ1) is 9.93. The van der Waals surface area contributed by atoms with Gasteiger partial charge in [0.05, 0.1) is 12.2 Å². The van der Waals surface area contributed by atoms with Gasteiger partial charge in [-0.25, -0.2) is 0 Å². The number of carbonyl (C=O) groups is 2. The van der Waals surface area contributed by atoms with Crippen LogP contribution < -0.4 is 11.1 Å². The lowest BCUT2D eigenvalue weighted by Crippen LogP contribution is -2.47. The summed E-state index contributed by atoms with van der Waals surface area (Å²) in [5, 5.41) is 13.3. The Bertz CT molecular complexity index is 710. The summed E-state index contributed by atoms with van der Waals surface area (Å²) < 4.78 is 0. The van der Waals surface area contributed by atoms with Crippen molar-refractivity contribution in [1.29, 1.82) is 0 Å². The first-order valence-electron chi connectivity index (χ1n) is 6.65. The molecule has 0 spiro atoms. The molecule has 0 unspecified atom stereocenters. The molecule has 2 aromatic carbocycles. The average molecular weight is 286 g/mol. The van der Waals surface area contributed by atoms with E-state index >= 15 is 0 Å². The van der Waals surface area contributed by atoms with Crippen molar-refractivity contribution in [3.8, 4) is 0 Å². The molecule has 0 radical (unpaired) electrons. The van der Waals surface area contributed by atoms with Crippen molar-refractivity contribution in [2.24, 2.45) is 5.73 Å². The van der Waals surface area contributed by atoms with Gasteiger partial charge in [-0.2, -0.15) is 0 Å². The van der Waals surface area contributed by atoms with E-state index in [1.807, 2.05) is 44.2 Å². The van der Waals surface area contributed by atoms with E-state index in [4.69, 9.17) is 10.8 Å². The molecule has 0 aliphatic heterocycles. The molecule has 5 nitrogen and oxygen atoms in total. The normalized spacial score (nSPS) is 12.1. The van der Waals surface area contributed by atoms with Crippen molar-refractivity contribution in [1.82, 2.24) is 5.32 Å². The molecule has 0 fully saturated rings. The maximum absolute atomic E-state index is 12.4. The predicted molar refractivity (Wildman–Crippen MR) is 81.0 cm³/mol. The lowest BCUT2D eigenvalue weighted by atomic mass is 9.97. The molecule has 1 atom stereocenters. The summed E-state index contributed by atoms with van der Waals surface area (Å²) >= 11 is 0. The van der Waals surface area contributed by atoms with Crippen LogP contribution in [0, 0.1) is 13.8 Å². The van der Waals surface area contributed by atoms with E-state index in [1.54, 1.807) is 0 Å². The molecule has 0 aromatic heterocycles. The summed E-state index contributed by atoms with van der Waals surface area (Å²) in [7, 11) is 0. The van der Waals surface area contributed by atoms with Crippen molar-refractivity contribution >= 4 is 22.6 Å². The summed E-state index contributed by atoms with van der Waals surface area (Å²) in [6.07, 6.45) is 0. The monoisotopic (exact) mass is 286 g/mol. The van der Waals surface area contributed by atoms with Gasteiger partial charge in [0.1, 0.15) is 6.04 Å². The summed E-state index contributed by atoms with van der Waals surface area (Å²) in [6.45, 7) is 3.28. The highest BCUT2D eigenvalue weighted by molar-refractivity contribution is 6.09. The highest BCUT2D eigenvalue weighted by Crippen LogP contribution is 2.23. The number of aryl methyl sites for hydroxylation is 2. The lowest BCUT2D eigenvalue weighted by Gasteiger charge is -2.15. The second-order valence-electron chi connectivity index (χ2n) is 5.09. The number of hydrogen-bond acceptors (Lipinski definition) is 3. The predicted octanol–water partition coefficient (Wildman–Crippen LogP) is 1.03. The molecule has 4 N–H and O–H groups in total. The average Bonchev–Trinajstić information content (AvgIpc) is 2.44. The number of rotatable bonds is 4. The molecule has 2 rings (SSSR count). The van der Waals surface area contributed by atoms with Crippen LogP contribution in [0.1, 0.15) is 21.5 Å². The zero-order valence-corrected chi connectivity index (χ0v) is 12.0. The van der Waals surface area contributed by atoms with Gasteiger partial charge in [-0.05, 0) is 30.2 Å². The van der Waals surface area contributed by atoms with Crippen molar-refractivity contribution < 1.29 is 14.7 Å². The molecule has 0 aliphatic carbocycles. The van der Waals surface area contributed by atoms with Crippen molar-refractivity contribution in [2.75, 3.05) is 6.61 Å². The SMILES string of the molecule is Cc1ccc2c(C(=O)N[C@@H](CO)C(N)=O)c(C)ccc2c1. The van der Waals surface area contributed by atoms with Crippen LogP contribution in [0.5, 0.6) is 0 Å². The van der Waals surface area contributed by atoms with Crippen molar-refractivity contribution in [3.05, 3.63) is 47.0 Å². The Kier molecular flexibility index (Phi) is 4.23. The van der Waals surface area contributed by atoms with Gasteiger partial charge in [0, 0.05) is 0 Å². The van der Waals surface area contributed by atoms with Gasteiger partial charge in [0.15, 0.2) is 0 Å². The maximum atomic E-state index is 12.4. The summed E-state index contributed by atoms with van der Waals surface area (Å²) in [5.74, 6) is -1.18. The summed E-state index contributed by atoms with van der Waals surface area (Å²) in [6, 6.07) is 8.52. The Labute approximate surface area is 122 Å². The highest BCUT2D eigenvalue weighted by Gasteiger charge is 2.20. The Balaban J connectivity index is 2.47. The quantitative estimate of drug-likeness (QED) is 0.784. The minimum absolute atomic E-state index is 0.417. The van der Waals surface area contributed by atoms with Crippen LogP contribution in [0.25, 0.3) is 10.8 Å². The molecule has 0 saturated carbocycles. The molecule has 21 heavy (non-hydrogen) atoms. The molecule has 0 bridgehead atoms. The van der Waals surface area contributed by atoms with E-state index in [0.717, 1.165) is 21.9 Å². The van der Waals surface area contributed by atoms with Gasteiger partial charge < -0.3 is 16.2 Å². The Hall–Kier alpha value is -2.40. The topological polar surface area (TPSA) is 92.4 Å². The molecule has 0 saturated heterocycles. The van der Waals surface area contributed by atoms with Gasteiger partial charge in [0.25, 0.3) is 5.91 Å². The van der Waals surface area contributed by atoms with Crippen LogP contribution >= 0.6 is 0 Å². The van der Waals surface area contributed by atoms with E-state index in [0.29, 0.717) is 5.56 Å². The number of fused-ring (bicyclic) bond motifs is 1. The van der Waals surface area contributed by atoms with E-state index in [-0.39, 0.29) is 0 Å². The fourth-order valence-corrected chi connectivity index (χ4v) is 2.30. The third-order valence-corrected chi connectivity index (χ3v) is 3.44. The molecule has 2 amide bonds. The van der Waals surface area contributed by atoms with Crippen LogP contribution in [-0.4, -0.2) is 29.6 Å². The zero-order valence-electron chi connectivity index (χ0n) is 12.0. The number of aliphatic hydroxyl groups excluding tert-OH is 1. The Morgan fingerprint density at radius 1 is 1.24 bits per heavy atom.